The van der Waals surface area contributed by atoms with Crippen LogP contribution < -0.4 is 0 Å². The summed E-state index contributed by atoms with van der Waals surface area (Å²) in [4.78, 5) is 4.31. The molecule has 6 heteroatoms. The van der Waals surface area contributed by atoms with E-state index in [4.69, 9.17) is 0 Å². The lowest BCUT2D eigenvalue weighted by Crippen LogP contribution is -2.30. The number of hydrogen-bond donors (Lipinski definition) is 1. The summed E-state index contributed by atoms with van der Waals surface area (Å²) in [6.45, 7) is 0. The number of benzene rings is 1. The lowest BCUT2D eigenvalue weighted by molar-refractivity contribution is 0.0924. The van der Waals surface area contributed by atoms with Gasteiger partial charge >= 0.3 is 0 Å². The van der Waals surface area contributed by atoms with Crippen LogP contribution in [-0.4, -0.2) is 27.7 Å². The van der Waals surface area contributed by atoms with Crippen molar-refractivity contribution in [1.29, 1.82) is 0 Å². The molecular weight excluding hydrogens is 268 g/mol. The second-order valence-electron chi connectivity index (χ2n) is 6.29. The molecule has 1 N–H and O–H groups in total. The van der Waals surface area contributed by atoms with Crippen LogP contribution in [0.3, 0.4) is 0 Å². The minimum absolute atomic E-state index is 0.132. The summed E-state index contributed by atoms with van der Waals surface area (Å²) in [5.74, 6) is 0.914. The van der Waals surface area contributed by atoms with Gasteiger partial charge in [0.15, 0.2) is 25.7 Å². The summed E-state index contributed by atoms with van der Waals surface area (Å²) in [5, 5.41) is 15.0. The molecule has 3 atom stereocenters. The van der Waals surface area contributed by atoms with E-state index in [9.17, 15) is 9.50 Å². The van der Waals surface area contributed by atoms with Gasteiger partial charge in [-0.05, 0) is 24.3 Å². The van der Waals surface area contributed by atoms with E-state index in [1.807, 2.05) is 30.3 Å². The zero-order chi connectivity index (χ0) is 14.6. The third kappa shape index (κ3) is 2.00. The maximum absolute atomic E-state index is 14.3. The summed E-state index contributed by atoms with van der Waals surface area (Å²) < 4.78 is 15.9. The van der Waals surface area contributed by atoms with E-state index in [-0.39, 0.29) is 12.0 Å². The minimum atomic E-state index is -1.12. The number of rotatable bonds is 3. The van der Waals surface area contributed by atoms with Crippen LogP contribution in [0.15, 0.2) is 30.3 Å². The van der Waals surface area contributed by atoms with Crippen LogP contribution in [-0.2, 0) is 5.50 Å². The monoisotopic (exact) mass is 285 g/mol. The Balaban J connectivity index is 1.74. The molecule has 0 bridgehead atoms. The Bertz CT molecular complexity index is 669. The Morgan fingerprint density at radius 3 is 2.67 bits per heavy atom. The highest BCUT2D eigenvalue weighted by molar-refractivity contribution is 6.14. The topological polar surface area (TPSA) is 50.9 Å². The van der Waals surface area contributed by atoms with E-state index in [1.54, 1.807) is 12.5 Å². The zero-order valence-corrected chi connectivity index (χ0v) is 11.9. The molecule has 1 unspecified atom stereocenters. The molecule has 108 valence electrons. The highest BCUT2D eigenvalue weighted by Crippen LogP contribution is 2.45. The molecule has 21 heavy (non-hydrogen) atoms. The lowest BCUT2D eigenvalue weighted by Gasteiger charge is -2.19. The van der Waals surface area contributed by atoms with Crippen LogP contribution in [0.5, 0.6) is 0 Å². The Kier molecular flexibility index (Phi) is 2.73. The van der Waals surface area contributed by atoms with Gasteiger partial charge in [0.05, 0.1) is 11.5 Å². The van der Waals surface area contributed by atoms with E-state index in [0.29, 0.717) is 18.1 Å². The lowest BCUT2D eigenvalue weighted by atomic mass is 9.76. The van der Waals surface area contributed by atoms with Crippen LogP contribution in [0, 0.1) is 5.92 Å². The number of halogens is 1. The summed E-state index contributed by atoms with van der Waals surface area (Å²) in [5.41, 5.74) is -0.0143. The molecule has 1 saturated carbocycles. The average molecular weight is 285 g/mol. The Morgan fingerprint density at radius 1 is 1.29 bits per heavy atom. The van der Waals surface area contributed by atoms with Gasteiger partial charge in [0, 0.05) is 6.42 Å². The van der Waals surface area contributed by atoms with Gasteiger partial charge in [-0.1, -0.05) is 30.3 Å². The Hall–Kier alpha value is -1.69. The highest BCUT2D eigenvalue weighted by Gasteiger charge is 2.46. The number of fused-ring (bicyclic) bond motifs is 1. The molecular formula is C15H17BFN3O. The molecule has 0 radical (unpaired) electrons. The van der Waals surface area contributed by atoms with E-state index in [1.165, 1.54) is 0 Å². The van der Waals surface area contributed by atoms with Gasteiger partial charge in [-0.15, -0.1) is 0 Å². The first-order chi connectivity index (χ1) is 10.1. The molecule has 4 nitrogen and oxygen atoms in total. The number of nitrogens with zero attached hydrogens (tertiary/aromatic N) is 3. The van der Waals surface area contributed by atoms with Crippen molar-refractivity contribution < 1.29 is 9.50 Å². The fourth-order valence-corrected chi connectivity index (χ4v) is 3.17. The van der Waals surface area contributed by atoms with Gasteiger partial charge in [0.1, 0.15) is 0 Å². The van der Waals surface area contributed by atoms with Gasteiger partial charge in [-0.3, -0.25) is 0 Å². The van der Waals surface area contributed by atoms with Crippen molar-refractivity contribution in [3.8, 4) is 0 Å². The molecule has 2 heterocycles. The van der Waals surface area contributed by atoms with Crippen LogP contribution >= 0.6 is 0 Å². The van der Waals surface area contributed by atoms with Crippen LogP contribution in [0.4, 0.5) is 4.39 Å². The van der Waals surface area contributed by atoms with Crippen LogP contribution in [0.1, 0.15) is 48.7 Å². The van der Waals surface area contributed by atoms with Gasteiger partial charge in [-0.25, -0.2) is 14.1 Å². The molecule has 1 aromatic heterocycles. The van der Waals surface area contributed by atoms with Crippen molar-refractivity contribution in [3.63, 3.8) is 0 Å². The molecule has 0 amide bonds. The molecule has 4 rings (SSSR count). The van der Waals surface area contributed by atoms with Gasteiger partial charge in [-0.2, -0.15) is 5.10 Å². The third-order valence-corrected chi connectivity index (χ3v) is 4.67. The van der Waals surface area contributed by atoms with Gasteiger partial charge in [0.2, 0.25) is 0 Å². The first-order valence-electron chi connectivity index (χ1n) is 7.45. The molecule has 1 aliphatic heterocycles. The predicted molar refractivity (Wildman–Crippen MR) is 78.2 cm³/mol. The van der Waals surface area contributed by atoms with Crippen LogP contribution in [0.2, 0.25) is 0 Å². The number of hydrogen-bond acceptors (Lipinski definition) is 3. The summed E-state index contributed by atoms with van der Waals surface area (Å²) in [6, 6.07) is 9.65. The standard InChI is InChI=1S/C15H17BFN3O/c16-15(21,10-6-7-10)14-18-13-11(17)8-12(20(13)19-14)9-4-2-1-3-5-9/h1-5,10-12,21H,6-8,16H2/t11-,12-,15?/m0/s1. The Morgan fingerprint density at radius 2 is 2.00 bits per heavy atom. The first kappa shape index (κ1) is 13.0. The van der Waals surface area contributed by atoms with Crippen molar-refractivity contribution in [3.05, 3.63) is 47.5 Å². The van der Waals surface area contributed by atoms with E-state index >= 15 is 0 Å². The quantitative estimate of drug-likeness (QED) is 0.869. The second-order valence-corrected chi connectivity index (χ2v) is 6.29. The second kappa shape index (κ2) is 4.40. The SMILES string of the molecule is BC(O)(c1nc2n(n1)[C@H](c1ccccc1)C[C@@H]2F)C1CC1. The molecule has 2 aromatic rings. The zero-order valence-electron chi connectivity index (χ0n) is 11.9. The van der Waals surface area contributed by atoms with Crippen molar-refractivity contribution in [2.75, 3.05) is 0 Å². The maximum Gasteiger partial charge on any atom is 0.173 e. The summed E-state index contributed by atoms with van der Waals surface area (Å²) >= 11 is 0. The number of aromatic nitrogens is 3. The fraction of sp³-hybridized carbons (Fsp3) is 0.467. The van der Waals surface area contributed by atoms with E-state index in [0.717, 1.165) is 18.4 Å². The van der Waals surface area contributed by atoms with Crippen molar-refractivity contribution in [2.24, 2.45) is 5.92 Å². The Labute approximate surface area is 123 Å². The molecule has 2 aliphatic rings. The summed E-state index contributed by atoms with van der Waals surface area (Å²) in [6.07, 6.45) is 1.22. The average Bonchev–Trinajstić information content (AvgIpc) is 3.17. The van der Waals surface area contributed by atoms with Crippen LogP contribution in [0.25, 0.3) is 0 Å². The van der Waals surface area contributed by atoms with Crippen molar-refractivity contribution >= 4 is 7.85 Å². The van der Waals surface area contributed by atoms with Gasteiger partial charge in [0.25, 0.3) is 0 Å². The summed E-state index contributed by atoms with van der Waals surface area (Å²) in [7, 11) is 1.74. The largest absolute Gasteiger partial charge is 0.391 e. The predicted octanol–water partition coefficient (Wildman–Crippen LogP) is 1.47. The van der Waals surface area contributed by atoms with E-state index < -0.39 is 11.7 Å². The maximum atomic E-state index is 14.3. The smallest absolute Gasteiger partial charge is 0.173 e. The number of aliphatic hydroxyl groups is 1. The molecule has 0 saturated heterocycles. The fourth-order valence-electron chi connectivity index (χ4n) is 3.17. The molecule has 0 spiro atoms. The molecule has 1 aromatic carbocycles. The van der Waals surface area contributed by atoms with Crippen molar-refractivity contribution in [1.82, 2.24) is 14.8 Å². The number of alkyl halides is 1. The molecule has 1 aliphatic carbocycles. The first-order valence-corrected chi connectivity index (χ1v) is 7.45. The normalized spacial score (nSPS) is 27.3. The third-order valence-electron chi connectivity index (χ3n) is 4.67. The molecule has 1 fully saturated rings. The minimum Gasteiger partial charge on any atom is -0.391 e. The van der Waals surface area contributed by atoms with Gasteiger partial charge < -0.3 is 5.11 Å². The van der Waals surface area contributed by atoms with E-state index in [2.05, 4.69) is 10.1 Å². The highest BCUT2D eigenvalue weighted by atomic mass is 19.1. The van der Waals surface area contributed by atoms with Crippen molar-refractivity contribution in [2.45, 2.75) is 37.0 Å².